The number of carbonyl (C=O) groups is 1. The van der Waals surface area contributed by atoms with Crippen molar-refractivity contribution in [2.24, 2.45) is 0 Å². The van der Waals surface area contributed by atoms with E-state index in [9.17, 15) is 4.79 Å². The monoisotopic (exact) mass is 485 g/mol. The van der Waals surface area contributed by atoms with Crippen molar-refractivity contribution in [2.75, 3.05) is 33.1 Å². The van der Waals surface area contributed by atoms with Gasteiger partial charge in [-0.1, -0.05) is 48.5 Å². The molecule has 0 aromatic heterocycles. The Kier molecular flexibility index (Phi) is 6.88. The molecule has 2 fully saturated rings. The van der Waals surface area contributed by atoms with Gasteiger partial charge in [-0.25, -0.2) is 4.79 Å². The van der Waals surface area contributed by atoms with Gasteiger partial charge >= 0.3 is 6.03 Å². The largest absolute Gasteiger partial charge is 0.493 e. The molecular formula is C30H35N3O3. The van der Waals surface area contributed by atoms with Gasteiger partial charge in [0.15, 0.2) is 11.5 Å². The standard InChI is InChI=1S/C30H35N3O3/c1-33-17-16-30(23-12-13-26(35-2)27(19-23)36-3)15-14-25(20-28(30)33)32-29(34)31-24-11-7-10-22(18-24)21-8-5-4-6-9-21/h4-13,18-19,25,28H,14-17,20H2,1-3H3,(H2,31,32,34)/t25-,28+,30+/m1/s1. The minimum absolute atomic E-state index is 0.0625. The van der Waals surface area contributed by atoms with E-state index in [1.807, 2.05) is 42.5 Å². The third-order valence-corrected chi connectivity index (χ3v) is 8.05. The minimum atomic E-state index is -0.149. The first-order valence-electron chi connectivity index (χ1n) is 12.7. The summed E-state index contributed by atoms with van der Waals surface area (Å²) in [4.78, 5) is 15.4. The summed E-state index contributed by atoms with van der Waals surface area (Å²) >= 11 is 0. The zero-order chi connectivity index (χ0) is 25.1. The highest BCUT2D eigenvalue weighted by molar-refractivity contribution is 5.90. The van der Waals surface area contributed by atoms with Crippen LogP contribution in [0.15, 0.2) is 72.8 Å². The molecule has 1 aliphatic carbocycles. The second-order valence-corrected chi connectivity index (χ2v) is 9.99. The Balaban J connectivity index is 1.27. The van der Waals surface area contributed by atoms with E-state index in [4.69, 9.17) is 9.47 Å². The van der Waals surface area contributed by atoms with Crippen LogP contribution in [0.1, 0.15) is 31.2 Å². The van der Waals surface area contributed by atoms with Crippen LogP contribution in [0.25, 0.3) is 11.1 Å². The Bertz CT molecular complexity index is 1220. The number of ether oxygens (including phenoxy) is 2. The summed E-state index contributed by atoms with van der Waals surface area (Å²) in [5.41, 5.74) is 4.37. The van der Waals surface area contributed by atoms with Gasteiger partial charge in [0.2, 0.25) is 0 Å². The molecule has 0 bridgehead atoms. The van der Waals surface area contributed by atoms with Crippen molar-refractivity contribution in [1.29, 1.82) is 0 Å². The van der Waals surface area contributed by atoms with Crippen LogP contribution in [-0.4, -0.2) is 50.8 Å². The lowest BCUT2D eigenvalue weighted by atomic mass is 9.65. The van der Waals surface area contributed by atoms with Gasteiger partial charge in [-0.3, -0.25) is 0 Å². The zero-order valence-electron chi connectivity index (χ0n) is 21.3. The molecule has 1 saturated carbocycles. The zero-order valence-corrected chi connectivity index (χ0v) is 21.3. The van der Waals surface area contributed by atoms with E-state index in [2.05, 4.69) is 52.9 Å². The molecule has 188 valence electrons. The van der Waals surface area contributed by atoms with Crippen LogP contribution >= 0.6 is 0 Å². The normalized spacial score (nSPS) is 23.5. The average molecular weight is 486 g/mol. The number of carbonyl (C=O) groups excluding carboxylic acids is 1. The summed E-state index contributed by atoms with van der Waals surface area (Å²) in [6.07, 6.45) is 3.99. The second-order valence-electron chi connectivity index (χ2n) is 9.99. The van der Waals surface area contributed by atoms with E-state index in [0.717, 1.165) is 60.5 Å². The predicted octanol–water partition coefficient (Wildman–Crippen LogP) is 5.69. The van der Waals surface area contributed by atoms with Crippen LogP contribution in [-0.2, 0) is 5.41 Å². The third-order valence-electron chi connectivity index (χ3n) is 8.05. The van der Waals surface area contributed by atoms with E-state index in [1.54, 1.807) is 14.2 Å². The molecule has 0 radical (unpaired) electrons. The summed E-state index contributed by atoms with van der Waals surface area (Å²) in [5.74, 6) is 1.53. The molecular weight excluding hydrogens is 450 g/mol. The number of rotatable bonds is 6. The van der Waals surface area contributed by atoms with Gasteiger partial charge in [-0.2, -0.15) is 0 Å². The number of benzene rings is 3. The van der Waals surface area contributed by atoms with Crippen molar-refractivity contribution in [2.45, 2.75) is 43.2 Å². The summed E-state index contributed by atoms with van der Waals surface area (Å²) < 4.78 is 11.1. The second kappa shape index (κ2) is 10.2. The SMILES string of the molecule is COc1ccc([C@@]23CC[C@@H](NC(=O)Nc4cccc(-c5ccccc5)c4)C[C@@H]2N(C)CC3)cc1OC. The number of nitrogens with zero attached hydrogens (tertiary/aromatic N) is 1. The van der Waals surface area contributed by atoms with Crippen LogP contribution in [0.5, 0.6) is 11.5 Å². The van der Waals surface area contributed by atoms with Crippen molar-refractivity contribution in [3.63, 3.8) is 0 Å². The van der Waals surface area contributed by atoms with Crippen LogP contribution in [0, 0.1) is 0 Å². The lowest BCUT2D eigenvalue weighted by molar-refractivity contribution is 0.156. The number of nitrogens with one attached hydrogen (secondary N) is 2. The van der Waals surface area contributed by atoms with Crippen LogP contribution in [0.2, 0.25) is 0 Å². The van der Waals surface area contributed by atoms with E-state index < -0.39 is 0 Å². The molecule has 6 nitrogen and oxygen atoms in total. The molecule has 1 aliphatic heterocycles. The van der Waals surface area contributed by atoms with Crippen LogP contribution < -0.4 is 20.1 Å². The van der Waals surface area contributed by atoms with Crippen molar-refractivity contribution in [3.8, 4) is 22.6 Å². The highest BCUT2D eigenvalue weighted by atomic mass is 16.5. The Hall–Kier alpha value is -3.51. The first-order valence-corrected chi connectivity index (χ1v) is 12.7. The van der Waals surface area contributed by atoms with Crippen LogP contribution in [0.3, 0.4) is 0 Å². The Morgan fingerprint density at radius 3 is 2.47 bits per heavy atom. The maximum atomic E-state index is 12.9. The maximum Gasteiger partial charge on any atom is 0.319 e. The lowest BCUT2D eigenvalue weighted by Gasteiger charge is -2.45. The van der Waals surface area contributed by atoms with Crippen molar-refractivity contribution >= 4 is 11.7 Å². The molecule has 2 amide bonds. The molecule has 3 aromatic rings. The first kappa shape index (κ1) is 24.2. The predicted molar refractivity (Wildman–Crippen MR) is 144 cm³/mol. The molecule has 1 heterocycles. The topological polar surface area (TPSA) is 62.8 Å². The van der Waals surface area contributed by atoms with Crippen LogP contribution in [0.4, 0.5) is 10.5 Å². The van der Waals surface area contributed by atoms with E-state index >= 15 is 0 Å². The molecule has 36 heavy (non-hydrogen) atoms. The number of methoxy groups -OCH3 is 2. The molecule has 5 rings (SSSR count). The highest BCUT2D eigenvalue weighted by Crippen LogP contribution is 2.49. The number of hydrogen-bond acceptors (Lipinski definition) is 4. The smallest absolute Gasteiger partial charge is 0.319 e. The van der Waals surface area contributed by atoms with Gasteiger partial charge < -0.3 is 25.0 Å². The van der Waals surface area contributed by atoms with Crippen molar-refractivity contribution < 1.29 is 14.3 Å². The number of likely N-dealkylation sites (N-methyl/N-ethyl adjacent to an activating group) is 1. The molecule has 6 heteroatoms. The first-order chi connectivity index (χ1) is 17.5. The fraction of sp³-hybridized carbons (Fsp3) is 0.367. The number of amides is 2. The Labute approximate surface area is 213 Å². The summed E-state index contributed by atoms with van der Waals surface area (Å²) in [6, 6.07) is 24.9. The maximum absolute atomic E-state index is 12.9. The van der Waals surface area contributed by atoms with Gasteiger partial charge in [0, 0.05) is 23.2 Å². The molecule has 3 aromatic carbocycles. The number of anilines is 1. The van der Waals surface area contributed by atoms with E-state index in [0.29, 0.717) is 6.04 Å². The Morgan fingerprint density at radius 2 is 1.69 bits per heavy atom. The molecule has 2 aliphatic rings. The summed E-state index contributed by atoms with van der Waals surface area (Å²) in [5, 5.41) is 6.29. The van der Waals surface area contributed by atoms with Crippen molar-refractivity contribution in [1.82, 2.24) is 10.2 Å². The van der Waals surface area contributed by atoms with Gasteiger partial charge in [-0.05, 0) is 80.2 Å². The molecule has 0 spiro atoms. The van der Waals surface area contributed by atoms with Gasteiger partial charge in [-0.15, -0.1) is 0 Å². The third kappa shape index (κ3) is 4.65. The molecule has 2 N–H and O–H groups in total. The molecule has 3 atom stereocenters. The Morgan fingerprint density at radius 1 is 0.917 bits per heavy atom. The fourth-order valence-electron chi connectivity index (χ4n) is 6.15. The number of urea groups is 1. The minimum Gasteiger partial charge on any atom is -0.493 e. The van der Waals surface area contributed by atoms with Gasteiger partial charge in [0.05, 0.1) is 14.2 Å². The quantitative estimate of drug-likeness (QED) is 0.471. The molecule has 0 unspecified atom stereocenters. The van der Waals surface area contributed by atoms with Gasteiger partial charge in [0.1, 0.15) is 0 Å². The number of likely N-dealkylation sites (tertiary alicyclic amines) is 1. The summed E-state index contributed by atoms with van der Waals surface area (Å²) in [7, 11) is 5.55. The molecule has 1 saturated heterocycles. The van der Waals surface area contributed by atoms with Crippen molar-refractivity contribution in [3.05, 3.63) is 78.4 Å². The van der Waals surface area contributed by atoms with Gasteiger partial charge in [0.25, 0.3) is 0 Å². The highest BCUT2D eigenvalue weighted by Gasteiger charge is 2.50. The number of fused-ring (bicyclic) bond motifs is 1. The number of hydrogen-bond donors (Lipinski definition) is 2. The average Bonchev–Trinajstić information content (AvgIpc) is 3.25. The van der Waals surface area contributed by atoms with E-state index in [-0.39, 0.29) is 17.5 Å². The fourth-order valence-corrected chi connectivity index (χ4v) is 6.15. The lowest BCUT2D eigenvalue weighted by Crippen LogP contribution is -2.52. The summed E-state index contributed by atoms with van der Waals surface area (Å²) in [6.45, 7) is 1.05. The van der Waals surface area contributed by atoms with E-state index in [1.165, 1.54) is 5.56 Å².